The van der Waals surface area contributed by atoms with E-state index in [1.165, 1.54) is 263 Å². The maximum atomic E-state index is 12.5. The first-order valence-corrected chi connectivity index (χ1v) is 32.2. The zero-order valence-electron chi connectivity index (χ0n) is 48.4. The summed E-state index contributed by atoms with van der Waals surface area (Å²) in [5.74, 6) is -0.0346. The van der Waals surface area contributed by atoms with Crippen molar-refractivity contribution in [3.63, 3.8) is 0 Å². The highest BCUT2D eigenvalue weighted by Gasteiger charge is 2.20. The van der Waals surface area contributed by atoms with Gasteiger partial charge in [0.25, 0.3) is 0 Å². The second-order valence-electron chi connectivity index (χ2n) is 22.1. The fourth-order valence-electron chi connectivity index (χ4n) is 9.96. The topological polar surface area (TPSA) is 95.9 Å². The molecule has 0 aromatic heterocycles. The lowest BCUT2D eigenvalue weighted by molar-refractivity contribution is -0.143. The summed E-state index contributed by atoms with van der Waals surface area (Å²) in [5, 5.41) is 23.2. The molecule has 424 valence electrons. The van der Waals surface area contributed by atoms with E-state index < -0.39 is 12.1 Å². The zero-order chi connectivity index (χ0) is 52.2. The van der Waals surface area contributed by atoms with E-state index in [1.807, 2.05) is 0 Å². The molecule has 0 aliphatic rings. The SMILES string of the molecule is CCCCCCCCC/C=C\CCCCCCCC(=O)OCCCCCCCCCCC/C=C\C/C=C\CCCCCCCCCCCCCC(=O)NC(CO)C(O)CCCCCCCCCCCCCC. The summed E-state index contributed by atoms with van der Waals surface area (Å²) < 4.78 is 5.48. The summed E-state index contributed by atoms with van der Waals surface area (Å²) in [6.45, 7) is 4.95. The Morgan fingerprint density at radius 3 is 1.07 bits per heavy atom. The molecule has 0 saturated heterocycles. The third-order valence-electron chi connectivity index (χ3n) is 14.9. The normalized spacial score (nSPS) is 12.8. The lowest BCUT2D eigenvalue weighted by Crippen LogP contribution is -2.45. The molecule has 2 atom stereocenters. The molecule has 72 heavy (non-hydrogen) atoms. The minimum Gasteiger partial charge on any atom is -0.466 e. The van der Waals surface area contributed by atoms with Crippen LogP contribution in [0.25, 0.3) is 0 Å². The molecule has 0 rings (SSSR count). The largest absolute Gasteiger partial charge is 0.466 e. The minimum absolute atomic E-state index is 0.00334. The molecule has 0 fully saturated rings. The van der Waals surface area contributed by atoms with Crippen molar-refractivity contribution in [2.45, 2.75) is 360 Å². The second-order valence-corrected chi connectivity index (χ2v) is 22.1. The highest BCUT2D eigenvalue weighted by atomic mass is 16.5. The highest BCUT2D eigenvalue weighted by Crippen LogP contribution is 2.17. The number of nitrogens with one attached hydrogen (secondary N) is 1. The van der Waals surface area contributed by atoms with Crippen LogP contribution in [0.15, 0.2) is 36.5 Å². The number of hydrogen-bond donors (Lipinski definition) is 3. The molecule has 2 unspecified atom stereocenters. The Morgan fingerprint density at radius 2 is 0.694 bits per heavy atom. The third-order valence-corrected chi connectivity index (χ3v) is 14.9. The van der Waals surface area contributed by atoms with Crippen molar-refractivity contribution in [1.29, 1.82) is 0 Å². The first kappa shape index (κ1) is 70.1. The molecule has 3 N–H and O–H groups in total. The van der Waals surface area contributed by atoms with Crippen molar-refractivity contribution in [1.82, 2.24) is 5.32 Å². The summed E-state index contributed by atoms with van der Waals surface area (Å²) in [7, 11) is 0. The van der Waals surface area contributed by atoms with E-state index in [2.05, 4.69) is 55.6 Å². The van der Waals surface area contributed by atoms with Crippen LogP contribution in [0.3, 0.4) is 0 Å². The fourth-order valence-corrected chi connectivity index (χ4v) is 9.96. The van der Waals surface area contributed by atoms with Crippen molar-refractivity contribution >= 4 is 11.9 Å². The number of hydrogen-bond acceptors (Lipinski definition) is 5. The predicted molar refractivity (Wildman–Crippen MR) is 315 cm³/mol. The lowest BCUT2D eigenvalue weighted by atomic mass is 10.0. The Hall–Kier alpha value is -1.92. The molecule has 0 aliphatic heterocycles. The second kappa shape index (κ2) is 61.6. The van der Waals surface area contributed by atoms with Crippen molar-refractivity contribution in [3.8, 4) is 0 Å². The Kier molecular flexibility index (Phi) is 60.0. The number of rotatable bonds is 60. The number of ether oxygens (including phenoxy) is 1. The number of allylic oxidation sites excluding steroid dienone is 6. The maximum absolute atomic E-state index is 12.5. The van der Waals surface area contributed by atoms with Crippen LogP contribution < -0.4 is 5.32 Å². The smallest absolute Gasteiger partial charge is 0.305 e. The Balaban J connectivity index is 3.40. The van der Waals surface area contributed by atoms with Gasteiger partial charge in [0.1, 0.15) is 0 Å². The molecule has 0 radical (unpaired) electrons. The van der Waals surface area contributed by atoms with E-state index in [9.17, 15) is 19.8 Å². The van der Waals surface area contributed by atoms with Crippen LogP contribution in [0.5, 0.6) is 0 Å². The van der Waals surface area contributed by atoms with Gasteiger partial charge < -0.3 is 20.3 Å². The van der Waals surface area contributed by atoms with Crippen LogP contribution in [-0.4, -0.2) is 47.4 Å². The lowest BCUT2D eigenvalue weighted by Gasteiger charge is -2.22. The molecule has 1 amide bonds. The average molecular weight is 1010 g/mol. The zero-order valence-corrected chi connectivity index (χ0v) is 48.4. The van der Waals surface area contributed by atoms with Gasteiger partial charge in [0.2, 0.25) is 5.91 Å². The monoisotopic (exact) mass is 1010 g/mol. The summed E-state index contributed by atoms with van der Waals surface area (Å²) in [4.78, 5) is 24.5. The highest BCUT2D eigenvalue weighted by molar-refractivity contribution is 5.76. The standard InChI is InChI=1S/C66H125NO5/c1-3-5-7-9-11-13-15-17-18-33-36-40-44-48-52-56-60-66(71)72-61-57-53-49-45-41-37-34-31-29-27-25-23-21-19-20-22-24-26-28-30-32-35-39-43-47-51-55-59-65(70)67-63(62-68)64(69)58-54-50-46-42-38-16-14-12-10-8-6-4-2/h18-20,23,25,33,63-64,68-69H,3-17,21-22,24,26-32,34-62H2,1-2H3,(H,67,70)/b20-19-,25-23-,33-18-. The first-order chi connectivity index (χ1) is 35.5. The van der Waals surface area contributed by atoms with Gasteiger partial charge >= 0.3 is 5.97 Å². The molecule has 0 spiro atoms. The van der Waals surface area contributed by atoms with Gasteiger partial charge in [-0.1, -0.05) is 288 Å². The van der Waals surface area contributed by atoms with Gasteiger partial charge in [0.15, 0.2) is 0 Å². The molecule has 6 nitrogen and oxygen atoms in total. The number of carbonyl (C=O) groups is 2. The van der Waals surface area contributed by atoms with E-state index in [-0.39, 0.29) is 18.5 Å². The van der Waals surface area contributed by atoms with Gasteiger partial charge in [-0.3, -0.25) is 9.59 Å². The number of carbonyl (C=O) groups excluding carboxylic acids is 2. The molecule has 0 aromatic carbocycles. The Morgan fingerprint density at radius 1 is 0.389 bits per heavy atom. The van der Waals surface area contributed by atoms with E-state index >= 15 is 0 Å². The number of esters is 1. The molecule has 6 heteroatoms. The summed E-state index contributed by atoms with van der Waals surface area (Å²) >= 11 is 0. The first-order valence-electron chi connectivity index (χ1n) is 32.2. The number of unbranched alkanes of at least 4 members (excludes halogenated alkanes) is 43. The third kappa shape index (κ3) is 57.4. The van der Waals surface area contributed by atoms with E-state index in [1.54, 1.807) is 0 Å². The van der Waals surface area contributed by atoms with Crippen molar-refractivity contribution < 1.29 is 24.5 Å². The molecule has 0 aliphatic carbocycles. The quantitative estimate of drug-likeness (QED) is 0.0320. The van der Waals surface area contributed by atoms with Crippen LogP contribution in [0.1, 0.15) is 348 Å². The Bertz CT molecular complexity index is 1170. The summed E-state index contributed by atoms with van der Waals surface area (Å²) in [6, 6.07) is -0.543. The molecule has 0 heterocycles. The van der Waals surface area contributed by atoms with E-state index in [0.717, 1.165) is 51.4 Å². The van der Waals surface area contributed by atoms with Gasteiger partial charge in [-0.15, -0.1) is 0 Å². The van der Waals surface area contributed by atoms with Crippen LogP contribution >= 0.6 is 0 Å². The van der Waals surface area contributed by atoms with Crippen LogP contribution in [0, 0.1) is 0 Å². The van der Waals surface area contributed by atoms with Gasteiger partial charge in [-0.05, 0) is 83.5 Å². The molecule has 0 saturated carbocycles. The maximum Gasteiger partial charge on any atom is 0.305 e. The molecular formula is C66H125NO5. The number of aliphatic hydroxyl groups is 2. The summed E-state index contributed by atoms with van der Waals surface area (Å²) in [6.07, 6.45) is 77.4. The van der Waals surface area contributed by atoms with E-state index in [0.29, 0.717) is 25.9 Å². The van der Waals surface area contributed by atoms with Gasteiger partial charge in [0.05, 0.1) is 25.4 Å². The van der Waals surface area contributed by atoms with Gasteiger partial charge in [-0.25, -0.2) is 0 Å². The number of aliphatic hydroxyl groups excluding tert-OH is 2. The molecule has 0 aromatic rings. The predicted octanol–water partition coefficient (Wildman–Crippen LogP) is 20.4. The van der Waals surface area contributed by atoms with Crippen molar-refractivity contribution in [2.24, 2.45) is 0 Å². The van der Waals surface area contributed by atoms with Gasteiger partial charge in [0, 0.05) is 12.8 Å². The van der Waals surface area contributed by atoms with Crippen molar-refractivity contribution in [3.05, 3.63) is 36.5 Å². The van der Waals surface area contributed by atoms with E-state index in [4.69, 9.17) is 4.74 Å². The Labute approximate surface area is 449 Å². The van der Waals surface area contributed by atoms with Crippen LogP contribution in [0.2, 0.25) is 0 Å². The average Bonchev–Trinajstić information content (AvgIpc) is 3.38. The molecule has 0 bridgehead atoms. The van der Waals surface area contributed by atoms with Crippen LogP contribution in [-0.2, 0) is 14.3 Å². The summed E-state index contributed by atoms with van der Waals surface area (Å²) in [5.41, 5.74) is 0. The van der Waals surface area contributed by atoms with Crippen molar-refractivity contribution in [2.75, 3.05) is 13.2 Å². The van der Waals surface area contributed by atoms with Gasteiger partial charge in [-0.2, -0.15) is 0 Å². The molecular weight excluding hydrogens is 887 g/mol. The minimum atomic E-state index is -0.665. The fraction of sp³-hybridized carbons (Fsp3) is 0.879. The van der Waals surface area contributed by atoms with Crippen LogP contribution in [0.4, 0.5) is 0 Å². The number of amides is 1.